The Hall–Kier alpha value is -3.08. The summed E-state index contributed by atoms with van der Waals surface area (Å²) in [6.45, 7) is 7.30. The fraction of sp³-hybridized carbons (Fsp3) is 0.360. The van der Waals surface area contributed by atoms with Gasteiger partial charge in [-0.1, -0.05) is 57.5 Å². The number of carbonyl (C=O) groups excluding carboxylic acids is 2. The molecule has 0 atom stereocenters. The number of rotatable bonds is 9. The molecule has 2 amide bonds. The first-order chi connectivity index (χ1) is 14.4. The van der Waals surface area contributed by atoms with Crippen molar-refractivity contribution in [1.29, 1.82) is 0 Å². The second-order valence-corrected chi connectivity index (χ2v) is 7.96. The summed E-state index contributed by atoms with van der Waals surface area (Å²) in [6, 6.07) is 17.1. The Morgan fingerprint density at radius 1 is 0.967 bits per heavy atom. The minimum atomic E-state index is -0.241. The molecule has 2 aromatic rings. The standard InChI is InChI=1S/C25H30N2O3/c1-5-6-16-27-24(28)22(19-12-14-21(15-13-19)30-17-18(2)3)23(25(27)29)26(4)20-10-8-7-9-11-20/h7-15,18H,5-6,16-17H2,1-4H3. The summed E-state index contributed by atoms with van der Waals surface area (Å²) in [7, 11) is 1.83. The minimum Gasteiger partial charge on any atom is -0.493 e. The number of anilines is 1. The summed E-state index contributed by atoms with van der Waals surface area (Å²) in [5.74, 6) is 0.710. The number of para-hydroxylation sites is 1. The first-order valence-electron chi connectivity index (χ1n) is 10.6. The molecular weight excluding hydrogens is 376 g/mol. The molecule has 0 bridgehead atoms. The van der Waals surface area contributed by atoms with Gasteiger partial charge in [0.2, 0.25) is 0 Å². The zero-order chi connectivity index (χ0) is 21.7. The van der Waals surface area contributed by atoms with E-state index in [1.807, 2.05) is 73.5 Å². The molecule has 2 aromatic carbocycles. The molecule has 0 aromatic heterocycles. The van der Waals surface area contributed by atoms with Crippen LogP contribution in [0.2, 0.25) is 0 Å². The molecule has 0 saturated carbocycles. The van der Waals surface area contributed by atoms with Gasteiger partial charge < -0.3 is 9.64 Å². The second-order valence-electron chi connectivity index (χ2n) is 7.96. The fourth-order valence-electron chi connectivity index (χ4n) is 3.42. The van der Waals surface area contributed by atoms with Gasteiger partial charge in [-0.15, -0.1) is 0 Å². The molecule has 0 aliphatic carbocycles. The highest BCUT2D eigenvalue weighted by molar-refractivity contribution is 6.36. The topological polar surface area (TPSA) is 49.9 Å². The normalized spacial score (nSPS) is 14.1. The molecule has 1 heterocycles. The molecule has 5 nitrogen and oxygen atoms in total. The van der Waals surface area contributed by atoms with Crippen LogP contribution < -0.4 is 9.64 Å². The van der Waals surface area contributed by atoms with Gasteiger partial charge in [0.25, 0.3) is 11.8 Å². The molecule has 158 valence electrons. The number of amides is 2. The molecule has 5 heteroatoms. The van der Waals surface area contributed by atoms with Gasteiger partial charge in [0.15, 0.2) is 0 Å². The van der Waals surface area contributed by atoms with Crippen LogP contribution in [0.5, 0.6) is 5.75 Å². The van der Waals surface area contributed by atoms with Crippen LogP contribution >= 0.6 is 0 Å². The molecule has 1 aliphatic rings. The monoisotopic (exact) mass is 406 g/mol. The van der Waals surface area contributed by atoms with Crippen LogP contribution in [0.1, 0.15) is 39.2 Å². The number of nitrogens with zero attached hydrogens (tertiary/aromatic N) is 2. The lowest BCUT2D eigenvalue weighted by molar-refractivity contribution is -0.136. The van der Waals surface area contributed by atoms with E-state index >= 15 is 0 Å². The lowest BCUT2D eigenvalue weighted by Gasteiger charge is -2.21. The Kier molecular flexibility index (Phi) is 6.93. The Morgan fingerprint density at radius 2 is 1.63 bits per heavy atom. The van der Waals surface area contributed by atoms with Crippen molar-refractivity contribution >= 4 is 23.1 Å². The maximum Gasteiger partial charge on any atom is 0.278 e. The summed E-state index contributed by atoms with van der Waals surface area (Å²) >= 11 is 0. The highest BCUT2D eigenvalue weighted by Crippen LogP contribution is 2.34. The van der Waals surface area contributed by atoms with Crippen LogP contribution in [0.4, 0.5) is 5.69 Å². The van der Waals surface area contributed by atoms with Gasteiger partial charge >= 0.3 is 0 Å². The van der Waals surface area contributed by atoms with E-state index in [9.17, 15) is 9.59 Å². The van der Waals surface area contributed by atoms with E-state index in [4.69, 9.17) is 4.74 Å². The number of likely N-dealkylation sites (N-methyl/N-ethyl adjacent to an activating group) is 1. The zero-order valence-corrected chi connectivity index (χ0v) is 18.2. The van der Waals surface area contributed by atoms with E-state index in [0.29, 0.717) is 30.3 Å². The third kappa shape index (κ3) is 4.56. The van der Waals surface area contributed by atoms with Crippen molar-refractivity contribution in [1.82, 2.24) is 4.90 Å². The average molecular weight is 407 g/mol. The zero-order valence-electron chi connectivity index (χ0n) is 18.2. The largest absolute Gasteiger partial charge is 0.493 e. The molecule has 0 unspecified atom stereocenters. The van der Waals surface area contributed by atoms with Gasteiger partial charge in [-0.25, -0.2) is 0 Å². The van der Waals surface area contributed by atoms with Gasteiger partial charge in [-0.3, -0.25) is 14.5 Å². The van der Waals surface area contributed by atoms with Crippen LogP contribution in [0, 0.1) is 5.92 Å². The van der Waals surface area contributed by atoms with Gasteiger partial charge in [-0.2, -0.15) is 0 Å². The lowest BCUT2D eigenvalue weighted by atomic mass is 10.0. The van der Waals surface area contributed by atoms with E-state index in [2.05, 4.69) is 13.8 Å². The predicted molar refractivity (Wildman–Crippen MR) is 120 cm³/mol. The van der Waals surface area contributed by atoms with Crippen LogP contribution in [-0.2, 0) is 9.59 Å². The van der Waals surface area contributed by atoms with Gasteiger partial charge in [0.1, 0.15) is 11.4 Å². The predicted octanol–water partition coefficient (Wildman–Crippen LogP) is 4.74. The van der Waals surface area contributed by atoms with Gasteiger partial charge in [0.05, 0.1) is 12.2 Å². The molecule has 3 rings (SSSR count). The summed E-state index contributed by atoms with van der Waals surface area (Å²) < 4.78 is 5.76. The average Bonchev–Trinajstić information content (AvgIpc) is 3.01. The molecular formula is C25H30N2O3. The van der Waals surface area contributed by atoms with Crippen molar-refractivity contribution in [3.05, 3.63) is 65.9 Å². The molecule has 1 aliphatic heterocycles. The van der Waals surface area contributed by atoms with Crippen LogP contribution in [0.25, 0.3) is 5.57 Å². The van der Waals surface area contributed by atoms with Crippen LogP contribution in [0.3, 0.4) is 0 Å². The molecule has 0 radical (unpaired) electrons. The summed E-state index contributed by atoms with van der Waals surface area (Å²) in [5.41, 5.74) is 2.44. The maximum atomic E-state index is 13.3. The van der Waals surface area contributed by atoms with Crippen molar-refractivity contribution in [2.75, 3.05) is 25.1 Å². The number of hydrogen-bond acceptors (Lipinski definition) is 4. The number of hydrogen-bond donors (Lipinski definition) is 0. The SMILES string of the molecule is CCCCN1C(=O)C(c2ccc(OCC(C)C)cc2)=C(N(C)c2ccccc2)C1=O. The second kappa shape index (κ2) is 9.61. The highest BCUT2D eigenvalue weighted by atomic mass is 16.5. The van der Waals surface area contributed by atoms with Gasteiger partial charge in [-0.05, 0) is 42.2 Å². The van der Waals surface area contributed by atoms with Crippen LogP contribution in [-0.4, -0.2) is 36.9 Å². The minimum absolute atomic E-state index is 0.234. The number of ether oxygens (including phenoxy) is 1. The van der Waals surface area contributed by atoms with Crippen molar-refractivity contribution in [3.8, 4) is 5.75 Å². The van der Waals surface area contributed by atoms with E-state index in [0.717, 1.165) is 29.8 Å². The Balaban J connectivity index is 1.99. The van der Waals surface area contributed by atoms with Crippen molar-refractivity contribution in [2.24, 2.45) is 5.92 Å². The Bertz CT molecular complexity index is 917. The summed E-state index contributed by atoms with van der Waals surface area (Å²) in [4.78, 5) is 29.7. The Labute approximate surface area is 178 Å². The fourth-order valence-corrected chi connectivity index (χ4v) is 3.42. The number of imide groups is 1. The molecule has 0 spiro atoms. The Morgan fingerprint density at radius 3 is 2.23 bits per heavy atom. The van der Waals surface area contributed by atoms with E-state index in [1.54, 1.807) is 0 Å². The van der Waals surface area contributed by atoms with E-state index in [-0.39, 0.29) is 11.8 Å². The molecule has 0 saturated heterocycles. The number of benzene rings is 2. The molecule has 0 N–H and O–H groups in total. The molecule has 30 heavy (non-hydrogen) atoms. The van der Waals surface area contributed by atoms with Gasteiger partial charge in [0, 0.05) is 19.3 Å². The quantitative estimate of drug-likeness (QED) is 0.565. The van der Waals surface area contributed by atoms with E-state index < -0.39 is 0 Å². The maximum absolute atomic E-state index is 13.3. The first kappa shape index (κ1) is 21.6. The summed E-state index contributed by atoms with van der Waals surface area (Å²) in [5, 5.41) is 0. The first-order valence-corrected chi connectivity index (χ1v) is 10.6. The molecule has 0 fully saturated rings. The highest BCUT2D eigenvalue weighted by Gasteiger charge is 2.40. The van der Waals surface area contributed by atoms with Crippen molar-refractivity contribution in [2.45, 2.75) is 33.6 Å². The number of unbranched alkanes of at least 4 members (excludes halogenated alkanes) is 1. The smallest absolute Gasteiger partial charge is 0.278 e. The lowest BCUT2D eigenvalue weighted by Crippen LogP contribution is -2.35. The van der Waals surface area contributed by atoms with Crippen molar-refractivity contribution in [3.63, 3.8) is 0 Å². The number of carbonyl (C=O) groups is 2. The third-order valence-electron chi connectivity index (χ3n) is 5.08. The van der Waals surface area contributed by atoms with Crippen LogP contribution in [0.15, 0.2) is 60.3 Å². The van der Waals surface area contributed by atoms with E-state index in [1.165, 1.54) is 4.90 Å². The third-order valence-corrected chi connectivity index (χ3v) is 5.08. The summed E-state index contributed by atoms with van der Waals surface area (Å²) in [6.07, 6.45) is 1.70. The van der Waals surface area contributed by atoms with Crippen molar-refractivity contribution < 1.29 is 14.3 Å².